The number of fused-ring (bicyclic) bond motifs is 1. The Kier molecular flexibility index (Phi) is 4.63. The van der Waals surface area contributed by atoms with Gasteiger partial charge in [0.25, 0.3) is 11.3 Å². The number of hydrogen-bond acceptors (Lipinski definition) is 3. The molecule has 0 spiro atoms. The molecule has 4 nitrogen and oxygen atoms in total. The molecule has 0 bridgehead atoms. The first-order valence-corrected chi connectivity index (χ1v) is 9.06. The van der Waals surface area contributed by atoms with Crippen LogP contribution in [0.5, 0.6) is 0 Å². The number of halogens is 3. The lowest BCUT2D eigenvalue weighted by molar-refractivity contribution is -0.561. The van der Waals surface area contributed by atoms with Gasteiger partial charge in [-0.05, 0) is 49.9 Å². The van der Waals surface area contributed by atoms with Gasteiger partial charge in [0.2, 0.25) is 0 Å². The normalized spacial score (nSPS) is 21.9. The van der Waals surface area contributed by atoms with Gasteiger partial charge in [-0.25, -0.2) is 0 Å². The molecule has 4 rings (SSSR count). The summed E-state index contributed by atoms with van der Waals surface area (Å²) < 4.78 is 46.1. The van der Waals surface area contributed by atoms with Crippen LogP contribution in [-0.2, 0) is 10.9 Å². The number of pyridine rings is 1. The Morgan fingerprint density at radius 1 is 1.11 bits per heavy atom. The maximum absolute atomic E-state index is 13.0. The van der Waals surface area contributed by atoms with Gasteiger partial charge < -0.3 is 10.1 Å². The lowest BCUT2D eigenvalue weighted by Crippen LogP contribution is -2.48. The van der Waals surface area contributed by atoms with Crippen LogP contribution >= 0.6 is 0 Å². The standard InChI is InChI=1S/C20H21F3N3O/c1-27-17-8-5-15(6-9-17)24-16-7-10-18-25-19(26(18)12-16)13-3-2-4-14(11-13)20(21,22)23/h2-4,7,10-12,15,17,24H,5-6,8-9H2,1H3/q+1. The summed E-state index contributed by atoms with van der Waals surface area (Å²) in [5, 5.41) is 3.52. The van der Waals surface area contributed by atoms with E-state index >= 15 is 0 Å². The topological polar surface area (TPSA) is 39.5 Å². The molecule has 2 heterocycles. The Morgan fingerprint density at radius 2 is 1.89 bits per heavy atom. The van der Waals surface area contributed by atoms with Gasteiger partial charge in [-0.3, -0.25) is 0 Å². The minimum Gasteiger partial charge on any atom is -0.381 e. The van der Waals surface area contributed by atoms with E-state index in [1.54, 1.807) is 13.2 Å². The maximum atomic E-state index is 13.0. The molecular weight excluding hydrogens is 355 g/mol. The first-order chi connectivity index (χ1) is 12.9. The molecule has 1 saturated carbocycles. The Morgan fingerprint density at radius 3 is 2.59 bits per heavy atom. The van der Waals surface area contributed by atoms with Crippen LogP contribution in [0.3, 0.4) is 0 Å². The SMILES string of the molecule is COC1CCC(Nc2ccc3[n+](c2)=C(c2cccc(C(F)(F)F)c2)N=3)CC1. The second kappa shape index (κ2) is 6.96. The average molecular weight is 376 g/mol. The molecule has 1 N–H and O–H groups in total. The van der Waals surface area contributed by atoms with Gasteiger partial charge in [0.05, 0.1) is 29.1 Å². The second-order valence-electron chi connectivity index (χ2n) is 7.01. The van der Waals surface area contributed by atoms with Gasteiger partial charge in [0, 0.05) is 19.2 Å². The summed E-state index contributed by atoms with van der Waals surface area (Å²) in [7, 11) is 1.75. The number of methoxy groups -OCH3 is 1. The molecule has 1 aliphatic heterocycles. The predicted octanol–water partition coefficient (Wildman–Crippen LogP) is 3.38. The van der Waals surface area contributed by atoms with Crippen molar-refractivity contribution < 1.29 is 22.2 Å². The zero-order valence-electron chi connectivity index (χ0n) is 15.0. The number of benzene rings is 1. The molecule has 7 heteroatoms. The van der Waals surface area contributed by atoms with Crippen LogP contribution in [0.25, 0.3) is 0 Å². The van der Waals surface area contributed by atoms with E-state index in [1.807, 2.05) is 22.6 Å². The van der Waals surface area contributed by atoms with Crippen LogP contribution in [0.15, 0.2) is 47.6 Å². The fraction of sp³-hybridized carbons (Fsp3) is 0.400. The van der Waals surface area contributed by atoms with Gasteiger partial charge in [-0.1, -0.05) is 11.1 Å². The van der Waals surface area contributed by atoms with Crippen LogP contribution in [0.1, 0.15) is 36.8 Å². The average Bonchev–Trinajstić information content (AvgIpc) is 2.64. The summed E-state index contributed by atoms with van der Waals surface area (Å²) in [6.45, 7) is 0. The Bertz CT molecular complexity index is 963. The van der Waals surface area contributed by atoms with Crippen LogP contribution < -0.4 is 15.0 Å². The van der Waals surface area contributed by atoms with E-state index in [0.717, 1.165) is 49.0 Å². The predicted molar refractivity (Wildman–Crippen MR) is 93.7 cm³/mol. The number of ether oxygens (including phenoxy) is 1. The first kappa shape index (κ1) is 18.0. The lowest BCUT2D eigenvalue weighted by atomic mass is 9.93. The van der Waals surface area contributed by atoms with E-state index in [1.165, 1.54) is 6.07 Å². The number of alkyl halides is 3. The molecule has 0 amide bonds. The third-order valence-corrected chi connectivity index (χ3v) is 5.20. The van der Waals surface area contributed by atoms with E-state index in [9.17, 15) is 13.2 Å². The summed E-state index contributed by atoms with van der Waals surface area (Å²) in [6, 6.07) is 9.49. The third kappa shape index (κ3) is 3.69. The number of nitrogens with zero attached hydrogens (tertiary/aromatic N) is 2. The Labute approximate surface area is 155 Å². The summed E-state index contributed by atoms with van der Waals surface area (Å²) in [5.74, 6) is 0.530. The molecule has 0 saturated heterocycles. The summed E-state index contributed by atoms with van der Waals surface area (Å²) >= 11 is 0. The molecule has 2 aromatic rings. The molecule has 0 unspecified atom stereocenters. The van der Waals surface area contributed by atoms with Crippen molar-refractivity contribution in [3.8, 4) is 0 Å². The van der Waals surface area contributed by atoms with Gasteiger partial charge in [-0.2, -0.15) is 17.4 Å². The highest BCUT2D eigenvalue weighted by atomic mass is 19.4. The Hall–Kier alpha value is -2.41. The van der Waals surface area contributed by atoms with Crippen molar-refractivity contribution in [2.24, 2.45) is 4.99 Å². The molecule has 1 aliphatic carbocycles. The highest BCUT2D eigenvalue weighted by Crippen LogP contribution is 2.30. The van der Waals surface area contributed by atoms with Crippen molar-refractivity contribution in [1.82, 2.24) is 0 Å². The van der Waals surface area contributed by atoms with E-state index in [-0.39, 0.29) is 0 Å². The molecule has 1 aromatic carbocycles. The molecule has 27 heavy (non-hydrogen) atoms. The number of nitrogens with one attached hydrogen (secondary N) is 1. The monoisotopic (exact) mass is 376 g/mol. The van der Waals surface area contributed by atoms with Crippen molar-refractivity contribution in [2.45, 2.75) is 44.0 Å². The minimum absolute atomic E-state index is 0.342. The van der Waals surface area contributed by atoms with Crippen molar-refractivity contribution in [1.29, 1.82) is 0 Å². The molecule has 142 valence electrons. The van der Waals surface area contributed by atoms with Crippen molar-refractivity contribution in [3.63, 3.8) is 0 Å². The smallest absolute Gasteiger partial charge is 0.381 e. The van der Waals surface area contributed by atoms with Crippen molar-refractivity contribution in [3.05, 3.63) is 65.0 Å². The molecule has 0 radical (unpaired) electrons. The number of anilines is 1. The number of aromatic nitrogens is 1. The highest BCUT2D eigenvalue weighted by molar-refractivity contribution is 5.40. The van der Waals surface area contributed by atoms with E-state index < -0.39 is 11.7 Å². The third-order valence-electron chi connectivity index (χ3n) is 5.20. The van der Waals surface area contributed by atoms with Crippen LogP contribution in [0, 0.1) is 5.84 Å². The first-order valence-electron chi connectivity index (χ1n) is 9.06. The second-order valence-corrected chi connectivity index (χ2v) is 7.01. The summed E-state index contributed by atoms with van der Waals surface area (Å²) in [4.78, 5) is 4.36. The molecule has 1 fully saturated rings. The van der Waals surface area contributed by atoms with Gasteiger partial charge >= 0.3 is 6.18 Å². The van der Waals surface area contributed by atoms with Gasteiger partial charge in [-0.15, -0.1) is 0 Å². The lowest BCUT2D eigenvalue weighted by Gasteiger charge is -2.28. The van der Waals surface area contributed by atoms with Crippen LogP contribution in [0.2, 0.25) is 0 Å². The highest BCUT2D eigenvalue weighted by Gasteiger charge is 2.31. The largest absolute Gasteiger partial charge is 0.416 e. The van der Waals surface area contributed by atoms with Gasteiger partial charge in [0.15, 0.2) is 0 Å². The van der Waals surface area contributed by atoms with Gasteiger partial charge in [0.1, 0.15) is 0 Å². The quantitative estimate of drug-likeness (QED) is 0.831. The number of rotatable bonds is 4. The van der Waals surface area contributed by atoms with E-state index in [0.29, 0.717) is 23.5 Å². The summed E-state index contributed by atoms with van der Waals surface area (Å²) in [6.07, 6.45) is 2.02. The van der Waals surface area contributed by atoms with Crippen LogP contribution in [-0.4, -0.2) is 19.3 Å². The molecule has 1 aromatic heterocycles. The zero-order valence-corrected chi connectivity index (χ0v) is 15.0. The minimum atomic E-state index is -4.36. The molecule has 2 aliphatic rings. The molecular formula is C20H21F3N3O+. The Balaban J connectivity index is 1.57. The fourth-order valence-corrected chi connectivity index (χ4v) is 3.67. The van der Waals surface area contributed by atoms with E-state index in [4.69, 9.17) is 4.74 Å². The zero-order chi connectivity index (χ0) is 19.0. The van der Waals surface area contributed by atoms with E-state index in [2.05, 4.69) is 10.3 Å². The van der Waals surface area contributed by atoms with Crippen molar-refractivity contribution >= 4 is 5.69 Å². The van der Waals surface area contributed by atoms with Crippen molar-refractivity contribution in [2.75, 3.05) is 12.4 Å². The fourth-order valence-electron chi connectivity index (χ4n) is 3.67. The number of hydrogen-bond donors (Lipinski definition) is 1. The molecule has 0 atom stereocenters. The maximum Gasteiger partial charge on any atom is 0.416 e. The van der Waals surface area contributed by atoms with Crippen LogP contribution in [0.4, 0.5) is 18.9 Å². The summed E-state index contributed by atoms with van der Waals surface area (Å²) in [5.41, 5.74) is 1.47.